The maximum Gasteiger partial charge on any atom is 0.313 e. The standard InChI is InChI=1S/C7H9FN/c1-6(8)4-5-7(2)9-3/h3-5H,1-2H3/q+1/b6-4+,7-5-. The fourth-order valence-electron chi connectivity index (χ4n) is 0.278. The highest BCUT2D eigenvalue weighted by atomic mass is 19.1. The molecule has 1 nitrogen and oxygen atoms in total. The molecule has 0 radical (unpaired) electrons. The van der Waals surface area contributed by atoms with E-state index < -0.39 is 0 Å². The minimum absolute atomic E-state index is 0.252. The van der Waals surface area contributed by atoms with Gasteiger partial charge >= 0.3 is 5.70 Å². The Balaban J connectivity index is 4.03. The van der Waals surface area contributed by atoms with E-state index in [1.807, 2.05) is 0 Å². The molecule has 9 heavy (non-hydrogen) atoms. The molecule has 0 aromatic rings. The Morgan fingerprint density at radius 1 is 1.44 bits per heavy atom. The Kier molecular flexibility index (Phi) is 3.38. The van der Waals surface area contributed by atoms with Crippen molar-refractivity contribution in [2.75, 3.05) is 0 Å². The zero-order valence-electron chi connectivity index (χ0n) is 5.56. The predicted molar refractivity (Wildman–Crippen MR) is 36.9 cm³/mol. The van der Waals surface area contributed by atoms with Crippen LogP contribution in [0.15, 0.2) is 23.7 Å². The molecule has 0 aliphatic heterocycles. The lowest BCUT2D eigenvalue weighted by Gasteiger charge is -1.73. The second-order valence-corrected chi connectivity index (χ2v) is 1.69. The van der Waals surface area contributed by atoms with Gasteiger partial charge in [-0.1, -0.05) is 0 Å². The fourth-order valence-corrected chi connectivity index (χ4v) is 0.278. The molecule has 0 amide bonds. The molecule has 2 heteroatoms. The SMILES string of the molecule is C#[N+]/C(C)=C\C=C(/C)F. The van der Waals surface area contributed by atoms with Gasteiger partial charge in [-0.3, -0.25) is 0 Å². The third kappa shape index (κ3) is 4.76. The molecule has 0 aliphatic carbocycles. The van der Waals surface area contributed by atoms with E-state index in [0.29, 0.717) is 5.70 Å². The lowest BCUT2D eigenvalue weighted by molar-refractivity contribution is 0.640. The maximum atomic E-state index is 11.9. The van der Waals surface area contributed by atoms with Gasteiger partial charge in [-0.25, -0.2) is 4.39 Å². The zero-order chi connectivity index (χ0) is 7.28. The summed E-state index contributed by atoms with van der Waals surface area (Å²) in [5.41, 5.74) is 0.604. The van der Waals surface area contributed by atoms with Crippen molar-refractivity contribution < 1.29 is 4.39 Å². The average Bonchev–Trinajstić information content (AvgIpc) is 1.83. The van der Waals surface area contributed by atoms with E-state index in [4.69, 9.17) is 6.57 Å². The summed E-state index contributed by atoms with van der Waals surface area (Å²) < 4.78 is 11.9. The van der Waals surface area contributed by atoms with Gasteiger partial charge in [0, 0.05) is 13.0 Å². The molecule has 0 heterocycles. The number of rotatable bonds is 1. The second kappa shape index (κ2) is 3.85. The van der Waals surface area contributed by atoms with E-state index in [1.54, 1.807) is 6.92 Å². The molecule has 0 saturated heterocycles. The quantitative estimate of drug-likeness (QED) is 0.476. The number of allylic oxidation sites excluding steroid dienone is 4. The molecule has 0 saturated carbocycles. The van der Waals surface area contributed by atoms with E-state index in [9.17, 15) is 4.39 Å². The van der Waals surface area contributed by atoms with Gasteiger partial charge in [0.05, 0.1) is 5.83 Å². The normalized spacial score (nSPS) is 13.1. The summed E-state index contributed by atoms with van der Waals surface area (Å²) in [6.45, 7) is 7.92. The number of halogens is 1. The van der Waals surface area contributed by atoms with Crippen molar-refractivity contribution >= 4 is 0 Å². The molecule has 48 valence electrons. The number of hydrogen-bond acceptors (Lipinski definition) is 0. The smallest absolute Gasteiger partial charge is 0.212 e. The first-order chi connectivity index (χ1) is 4.16. The summed E-state index contributed by atoms with van der Waals surface area (Å²) in [4.78, 5) is 3.31. The van der Waals surface area contributed by atoms with Crippen molar-refractivity contribution in [3.05, 3.63) is 28.5 Å². The molecule has 0 bridgehead atoms. The first kappa shape index (κ1) is 7.90. The molecule has 0 aliphatic rings. The van der Waals surface area contributed by atoms with Gasteiger partial charge in [-0.05, 0) is 17.8 Å². The number of nitrogens with zero attached hydrogens (tertiary/aromatic N) is 1. The van der Waals surface area contributed by atoms with Crippen molar-refractivity contribution in [2.45, 2.75) is 13.8 Å². The van der Waals surface area contributed by atoms with Crippen LogP contribution < -0.4 is 0 Å². The first-order valence-electron chi connectivity index (χ1n) is 2.58. The number of hydrogen-bond donors (Lipinski definition) is 0. The van der Waals surface area contributed by atoms with Crippen LogP contribution in [-0.4, -0.2) is 0 Å². The molecule has 0 atom stereocenters. The average molecular weight is 126 g/mol. The molecule has 0 fully saturated rings. The molecular formula is C7H9FN+. The summed E-state index contributed by atoms with van der Waals surface area (Å²) in [7, 11) is 0. The van der Waals surface area contributed by atoms with Crippen molar-refractivity contribution in [3.63, 3.8) is 0 Å². The highest BCUT2D eigenvalue weighted by Gasteiger charge is 1.90. The van der Waals surface area contributed by atoms with Gasteiger partial charge in [-0.15, -0.1) is 0 Å². The van der Waals surface area contributed by atoms with Crippen molar-refractivity contribution in [2.24, 2.45) is 0 Å². The van der Waals surface area contributed by atoms with E-state index in [2.05, 4.69) is 4.85 Å². The fraction of sp³-hybridized carbons (Fsp3) is 0.286. The van der Waals surface area contributed by atoms with Gasteiger partial charge in [-0.2, -0.15) is 0 Å². The summed E-state index contributed by atoms with van der Waals surface area (Å²) in [6.07, 6.45) is 2.82. The molecule has 0 aromatic heterocycles. The van der Waals surface area contributed by atoms with Crippen LogP contribution in [0.1, 0.15) is 13.8 Å². The van der Waals surface area contributed by atoms with Crippen LogP contribution in [0.2, 0.25) is 0 Å². The van der Waals surface area contributed by atoms with Crippen molar-refractivity contribution in [1.82, 2.24) is 0 Å². The van der Waals surface area contributed by atoms with Gasteiger partial charge in [0.25, 0.3) is 6.57 Å². The maximum absolute atomic E-state index is 11.9. The van der Waals surface area contributed by atoms with Gasteiger partial charge in [0.2, 0.25) is 0 Å². The summed E-state index contributed by atoms with van der Waals surface area (Å²) in [5.74, 6) is -0.252. The Labute approximate surface area is 54.3 Å². The lowest BCUT2D eigenvalue weighted by atomic mass is 10.4. The topological polar surface area (TPSA) is 4.36 Å². The second-order valence-electron chi connectivity index (χ2n) is 1.69. The van der Waals surface area contributed by atoms with Crippen LogP contribution in [-0.2, 0) is 0 Å². The van der Waals surface area contributed by atoms with Crippen LogP contribution in [0.25, 0.3) is 4.85 Å². The van der Waals surface area contributed by atoms with Gasteiger partial charge in [0.15, 0.2) is 0 Å². The van der Waals surface area contributed by atoms with E-state index >= 15 is 0 Å². The third-order valence-electron chi connectivity index (χ3n) is 0.758. The van der Waals surface area contributed by atoms with Crippen LogP contribution in [0, 0.1) is 6.57 Å². The molecule has 0 aromatic carbocycles. The molecule has 0 rings (SSSR count). The monoisotopic (exact) mass is 126 g/mol. The summed E-state index contributed by atoms with van der Waals surface area (Å²) in [6, 6.07) is 0. The largest absolute Gasteiger partial charge is 0.313 e. The molecule has 0 unspecified atom stereocenters. The van der Waals surface area contributed by atoms with E-state index in [-0.39, 0.29) is 5.83 Å². The Morgan fingerprint density at radius 2 is 2.00 bits per heavy atom. The van der Waals surface area contributed by atoms with Crippen molar-refractivity contribution in [3.8, 4) is 6.57 Å². The Bertz CT molecular complexity index is 180. The van der Waals surface area contributed by atoms with Crippen molar-refractivity contribution in [1.29, 1.82) is 0 Å². The molecule has 0 spiro atoms. The van der Waals surface area contributed by atoms with Gasteiger partial charge < -0.3 is 0 Å². The summed E-state index contributed by atoms with van der Waals surface area (Å²) in [5, 5.41) is 0. The highest BCUT2D eigenvalue weighted by Crippen LogP contribution is 1.97. The minimum atomic E-state index is -0.252. The Hall–Kier alpha value is -1.10. The molecule has 0 N–H and O–H groups in total. The molecular weight excluding hydrogens is 117 g/mol. The minimum Gasteiger partial charge on any atom is -0.212 e. The Morgan fingerprint density at radius 3 is 2.33 bits per heavy atom. The lowest BCUT2D eigenvalue weighted by Crippen LogP contribution is -1.61. The van der Waals surface area contributed by atoms with Crippen LogP contribution in [0.3, 0.4) is 0 Å². The zero-order valence-corrected chi connectivity index (χ0v) is 5.56. The first-order valence-corrected chi connectivity index (χ1v) is 2.58. The van der Waals surface area contributed by atoms with E-state index in [0.717, 1.165) is 0 Å². The van der Waals surface area contributed by atoms with Crippen LogP contribution in [0.5, 0.6) is 0 Å². The van der Waals surface area contributed by atoms with Crippen LogP contribution >= 0.6 is 0 Å². The van der Waals surface area contributed by atoms with E-state index in [1.165, 1.54) is 19.1 Å². The predicted octanol–water partition coefficient (Wildman–Crippen LogP) is 2.73. The third-order valence-corrected chi connectivity index (χ3v) is 0.758. The van der Waals surface area contributed by atoms with Gasteiger partial charge in [0.1, 0.15) is 0 Å². The van der Waals surface area contributed by atoms with Crippen LogP contribution in [0.4, 0.5) is 4.39 Å². The highest BCUT2D eigenvalue weighted by molar-refractivity contribution is 5.17. The summed E-state index contributed by atoms with van der Waals surface area (Å²) >= 11 is 0.